The van der Waals surface area contributed by atoms with E-state index in [9.17, 15) is 4.79 Å². The van der Waals surface area contributed by atoms with E-state index in [0.717, 1.165) is 46.1 Å². The summed E-state index contributed by atoms with van der Waals surface area (Å²) in [7, 11) is 0. The molecule has 1 aliphatic rings. The monoisotopic (exact) mass is 388 g/mol. The molecule has 19 heavy (non-hydrogen) atoms. The molecule has 1 amide bonds. The zero-order chi connectivity index (χ0) is 14.0. The molecule has 0 bridgehead atoms. The van der Waals surface area contributed by atoms with Gasteiger partial charge in [-0.05, 0) is 75.9 Å². The summed E-state index contributed by atoms with van der Waals surface area (Å²) in [6.07, 6.45) is 1.75. The Balaban J connectivity index is 2.24. The molecular weight excluding hydrogens is 372 g/mol. The van der Waals surface area contributed by atoms with Crippen LogP contribution < -0.4 is 10.6 Å². The lowest BCUT2D eigenvalue weighted by atomic mass is 9.83. The van der Waals surface area contributed by atoms with Crippen LogP contribution >= 0.6 is 31.9 Å². The highest BCUT2D eigenvalue weighted by atomic mass is 79.9. The molecule has 0 radical (unpaired) electrons. The Hall–Kier alpha value is -0.390. The number of benzene rings is 1. The number of halogens is 2. The Kier molecular flexibility index (Phi) is 4.69. The first-order valence-electron chi connectivity index (χ1n) is 6.46. The smallest absolute Gasteiger partial charge is 0.231 e. The van der Waals surface area contributed by atoms with Crippen LogP contribution in [0.3, 0.4) is 0 Å². The van der Waals surface area contributed by atoms with Gasteiger partial charge in [0.15, 0.2) is 0 Å². The van der Waals surface area contributed by atoms with Crippen molar-refractivity contribution in [2.24, 2.45) is 5.41 Å². The molecular formula is C14H18Br2N2O. The van der Waals surface area contributed by atoms with Crippen LogP contribution in [0.4, 0.5) is 5.69 Å². The quantitative estimate of drug-likeness (QED) is 0.824. The Morgan fingerprint density at radius 3 is 2.53 bits per heavy atom. The van der Waals surface area contributed by atoms with E-state index in [0.29, 0.717) is 0 Å². The minimum Gasteiger partial charge on any atom is -0.324 e. The number of hydrogen-bond donors (Lipinski definition) is 2. The van der Waals surface area contributed by atoms with Gasteiger partial charge >= 0.3 is 0 Å². The third kappa shape index (κ3) is 3.03. The molecule has 5 heteroatoms. The van der Waals surface area contributed by atoms with E-state index in [1.54, 1.807) is 0 Å². The van der Waals surface area contributed by atoms with Crippen LogP contribution in [0.25, 0.3) is 0 Å². The maximum absolute atomic E-state index is 12.6. The summed E-state index contributed by atoms with van der Waals surface area (Å²) >= 11 is 7.03. The number of anilines is 1. The number of hydrogen-bond acceptors (Lipinski definition) is 2. The van der Waals surface area contributed by atoms with Crippen LogP contribution in [0.2, 0.25) is 0 Å². The van der Waals surface area contributed by atoms with E-state index < -0.39 is 0 Å². The summed E-state index contributed by atoms with van der Waals surface area (Å²) in [6, 6.07) is 4.01. The fourth-order valence-corrected chi connectivity index (χ4v) is 4.08. The van der Waals surface area contributed by atoms with Crippen molar-refractivity contribution >= 4 is 43.5 Å². The molecule has 3 nitrogen and oxygen atoms in total. The van der Waals surface area contributed by atoms with Gasteiger partial charge in [-0.1, -0.05) is 6.92 Å². The van der Waals surface area contributed by atoms with Gasteiger partial charge in [-0.15, -0.1) is 0 Å². The fraction of sp³-hybridized carbons (Fsp3) is 0.500. The SMILES string of the molecule is CCC1(C(=O)Nc2c(Br)cc(C)cc2Br)CCNC1. The lowest BCUT2D eigenvalue weighted by Crippen LogP contribution is -2.37. The zero-order valence-corrected chi connectivity index (χ0v) is 14.3. The van der Waals surface area contributed by atoms with Gasteiger partial charge < -0.3 is 10.6 Å². The standard InChI is InChI=1S/C14H18Br2N2O/c1-3-14(4-5-17-8-14)13(19)18-12-10(15)6-9(2)7-11(12)16/h6-7,17H,3-5,8H2,1-2H3,(H,18,19). The number of aryl methyl sites for hydroxylation is 1. The molecule has 1 saturated heterocycles. The van der Waals surface area contributed by atoms with E-state index in [1.807, 2.05) is 19.1 Å². The van der Waals surface area contributed by atoms with Crippen LogP contribution in [0, 0.1) is 12.3 Å². The molecule has 1 aliphatic heterocycles. The second kappa shape index (κ2) is 5.94. The Bertz CT molecular complexity index is 473. The molecule has 2 N–H and O–H groups in total. The molecule has 1 aromatic carbocycles. The van der Waals surface area contributed by atoms with Gasteiger partial charge in [-0.2, -0.15) is 0 Å². The lowest BCUT2D eigenvalue weighted by Gasteiger charge is -2.26. The van der Waals surface area contributed by atoms with Crippen LogP contribution in [0.1, 0.15) is 25.3 Å². The summed E-state index contributed by atoms with van der Waals surface area (Å²) < 4.78 is 1.81. The predicted octanol–water partition coefficient (Wildman–Crippen LogP) is 3.85. The molecule has 0 aromatic heterocycles. The average molecular weight is 390 g/mol. The first-order valence-corrected chi connectivity index (χ1v) is 8.05. The minimum atomic E-state index is -0.274. The van der Waals surface area contributed by atoms with Crippen LogP contribution in [0.15, 0.2) is 21.1 Å². The van der Waals surface area contributed by atoms with Crippen molar-refractivity contribution in [3.8, 4) is 0 Å². The van der Waals surface area contributed by atoms with Crippen LogP contribution in [0.5, 0.6) is 0 Å². The number of carbonyl (C=O) groups is 1. The molecule has 1 fully saturated rings. The molecule has 0 aliphatic carbocycles. The molecule has 1 unspecified atom stereocenters. The largest absolute Gasteiger partial charge is 0.324 e. The molecule has 0 saturated carbocycles. The lowest BCUT2D eigenvalue weighted by molar-refractivity contribution is -0.124. The van der Waals surface area contributed by atoms with Crippen molar-refractivity contribution in [2.45, 2.75) is 26.7 Å². The Morgan fingerprint density at radius 2 is 2.05 bits per heavy atom. The van der Waals surface area contributed by atoms with Crippen molar-refractivity contribution in [3.05, 3.63) is 26.6 Å². The molecule has 104 valence electrons. The van der Waals surface area contributed by atoms with Gasteiger partial charge in [-0.25, -0.2) is 0 Å². The summed E-state index contributed by atoms with van der Waals surface area (Å²) in [5.41, 5.74) is 1.68. The van der Waals surface area contributed by atoms with Gasteiger partial charge in [-0.3, -0.25) is 4.79 Å². The summed E-state index contributed by atoms with van der Waals surface area (Å²) in [4.78, 5) is 12.6. The van der Waals surface area contributed by atoms with E-state index in [-0.39, 0.29) is 11.3 Å². The minimum absolute atomic E-state index is 0.102. The zero-order valence-electron chi connectivity index (χ0n) is 11.1. The van der Waals surface area contributed by atoms with Crippen molar-refractivity contribution in [2.75, 3.05) is 18.4 Å². The summed E-state index contributed by atoms with van der Waals surface area (Å²) in [5, 5.41) is 6.35. The van der Waals surface area contributed by atoms with E-state index in [2.05, 4.69) is 49.4 Å². The van der Waals surface area contributed by atoms with Crippen LogP contribution in [-0.4, -0.2) is 19.0 Å². The normalized spacial score (nSPS) is 22.5. The number of carbonyl (C=O) groups excluding carboxylic acids is 1. The molecule has 1 heterocycles. The Morgan fingerprint density at radius 1 is 1.42 bits per heavy atom. The van der Waals surface area contributed by atoms with Crippen molar-refractivity contribution < 1.29 is 4.79 Å². The summed E-state index contributed by atoms with van der Waals surface area (Å²) in [6.45, 7) is 5.77. The highest BCUT2D eigenvalue weighted by Crippen LogP contribution is 2.36. The number of rotatable bonds is 3. The molecule has 1 aromatic rings. The highest BCUT2D eigenvalue weighted by molar-refractivity contribution is 9.11. The summed E-state index contributed by atoms with van der Waals surface area (Å²) in [5.74, 6) is 0.102. The maximum Gasteiger partial charge on any atom is 0.231 e. The van der Waals surface area contributed by atoms with E-state index in [1.165, 1.54) is 0 Å². The van der Waals surface area contributed by atoms with Crippen LogP contribution in [-0.2, 0) is 4.79 Å². The predicted molar refractivity (Wildman–Crippen MR) is 85.4 cm³/mol. The number of amides is 1. The Labute approximate surface area is 130 Å². The van der Waals surface area contributed by atoms with Gasteiger partial charge in [0.25, 0.3) is 0 Å². The van der Waals surface area contributed by atoms with E-state index >= 15 is 0 Å². The van der Waals surface area contributed by atoms with Crippen molar-refractivity contribution in [1.82, 2.24) is 5.32 Å². The fourth-order valence-electron chi connectivity index (χ4n) is 2.47. The van der Waals surface area contributed by atoms with E-state index in [4.69, 9.17) is 0 Å². The van der Waals surface area contributed by atoms with Gasteiger partial charge in [0.1, 0.15) is 0 Å². The molecule has 0 spiro atoms. The second-order valence-electron chi connectivity index (χ2n) is 5.12. The third-order valence-corrected chi connectivity index (χ3v) is 5.08. The van der Waals surface area contributed by atoms with Gasteiger partial charge in [0.05, 0.1) is 11.1 Å². The molecule has 2 rings (SSSR count). The first kappa shape index (κ1) is 15.0. The average Bonchev–Trinajstić information content (AvgIpc) is 2.83. The van der Waals surface area contributed by atoms with Gasteiger partial charge in [0.2, 0.25) is 5.91 Å². The van der Waals surface area contributed by atoms with Gasteiger partial charge in [0, 0.05) is 15.5 Å². The topological polar surface area (TPSA) is 41.1 Å². The third-order valence-electron chi connectivity index (χ3n) is 3.83. The number of nitrogens with one attached hydrogen (secondary N) is 2. The highest BCUT2D eigenvalue weighted by Gasteiger charge is 2.39. The first-order chi connectivity index (χ1) is 8.98. The maximum atomic E-state index is 12.6. The molecule has 1 atom stereocenters. The van der Waals surface area contributed by atoms with Crippen molar-refractivity contribution in [3.63, 3.8) is 0 Å². The van der Waals surface area contributed by atoms with Crippen molar-refractivity contribution in [1.29, 1.82) is 0 Å². The second-order valence-corrected chi connectivity index (χ2v) is 6.83.